The summed E-state index contributed by atoms with van der Waals surface area (Å²) in [4.78, 5) is 0. The molecule has 0 atom stereocenters. The van der Waals surface area contributed by atoms with Gasteiger partial charge in [-0.1, -0.05) is 30.3 Å². The average Bonchev–Trinajstić information content (AvgIpc) is 2.39. The van der Waals surface area contributed by atoms with E-state index in [-0.39, 0.29) is 6.42 Å². The molecule has 1 aromatic carbocycles. The molecule has 0 bridgehead atoms. The highest BCUT2D eigenvalue weighted by Crippen LogP contribution is 2.18. The minimum Gasteiger partial charge on any atom is -0.395 e. The van der Waals surface area contributed by atoms with Gasteiger partial charge in [-0.3, -0.25) is 0 Å². The molecule has 0 unspecified atom stereocenters. The van der Waals surface area contributed by atoms with Crippen molar-refractivity contribution in [2.24, 2.45) is 0 Å². The summed E-state index contributed by atoms with van der Waals surface area (Å²) in [5.41, 5.74) is 0.834. The van der Waals surface area contributed by atoms with Gasteiger partial charge in [-0.05, 0) is 18.4 Å². The van der Waals surface area contributed by atoms with Crippen LogP contribution in [0.5, 0.6) is 0 Å². The second-order valence-electron chi connectivity index (χ2n) is 4.64. The standard InChI is InChI=1S/C13H20O6S2/c14-8-10-20(16,17)13(21(18,19)11-9-15)7-6-12-4-2-1-3-5-12/h1-5,13-15H,6-11H2. The van der Waals surface area contributed by atoms with Crippen LogP contribution < -0.4 is 0 Å². The van der Waals surface area contributed by atoms with Crippen molar-refractivity contribution >= 4 is 19.7 Å². The largest absolute Gasteiger partial charge is 0.395 e. The lowest BCUT2D eigenvalue weighted by molar-refractivity contribution is 0.319. The summed E-state index contributed by atoms with van der Waals surface area (Å²) in [7, 11) is -7.94. The lowest BCUT2D eigenvalue weighted by Gasteiger charge is -2.17. The first-order chi connectivity index (χ1) is 9.83. The van der Waals surface area contributed by atoms with Gasteiger partial charge < -0.3 is 10.2 Å². The third kappa shape index (κ3) is 5.39. The van der Waals surface area contributed by atoms with Crippen molar-refractivity contribution in [1.29, 1.82) is 0 Å². The maximum Gasteiger partial charge on any atom is 0.169 e. The quantitative estimate of drug-likeness (QED) is 0.644. The fourth-order valence-corrected chi connectivity index (χ4v) is 6.38. The van der Waals surface area contributed by atoms with Crippen LogP contribution in [-0.4, -0.2) is 56.4 Å². The van der Waals surface area contributed by atoms with Crippen LogP contribution in [0.2, 0.25) is 0 Å². The Labute approximate surface area is 125 Å². The van der Waals surface area contributed by atoms with Crippen LogP contribution in [0.3, 0.4) is 0 Å². The number of benzene rings is 1. The first-order valence-electron chi connectivity index (χ1n) is 6.52. The van der Waals surface area contributed by atoms with Gasteiger partial charge in [0.05, 0.1) is 24.7 Å². The van der Waals surface area contributed by atoms with Gasteiger partial charge in [0.2, 0.25) is 0 Å². The first kappa shape index (κ1) is 18.1. The maximum absolute atomic E-state index is 12.1. The fraction of sp³-hybridized carbons (Fsp3) is 0.538. The lowest BCUT2D eigenvalue weighted by atomic mass is 10.1. The van der Waals surface area contributed by atoms with E-state index in [4.69, 9.17) is 10.2 Å². The van der Waals surface area contributed by atoms with Gasteiger partial charge in [0.15, 0.2) is 24.3 Å². The van der Waals surface area contributed by atoms with Crippen molar-refractivity contribution in [3.63, 3.8) is 0 Å². The third-order valence-corrected chi connectivity index (χ3v) is 8.40. The monoisotopic (exact) mass is 336 g/mol. The van der Waals surface area contributed by atoms with Crippen LogP contribution in [0.4, 0.5) is 0 Å². The minimum atomic E-state index is -3.97. The van der Waals surface area contributed by atoms with Crippen molar-refractivity contribution in [3.05, 3.63) is 35.9 Å². The van der Waals surface area contributed by atoms with E-state index in [9.17, 15) is 16.8 Å². The highest BCUT2D eigenvalue weighted by molar-refractivity contribution is 8.09. The lowest BCUT2D eigenvalue weighted by Crippen LogP contribution is -2.36. The van der Waals surface area contributed by atoms with E-state index in [1.807, 2.05) is 6.07 Å². The molecule has 0 fully saturated rings. The number of rotatable bonds is 9. The number of hydrogen-bond donors (Lipinski definition) is 2. The van der Waals surface area contributed by atoms with Gasteiger partial charge >= 0.3 is 0 Å². The zero-order valence-corrected chi connectivity index (χ0v) is 13.2. The van der Waals surface area contributed by atoms with Crippen LogP contribution >= 0.6 is 0 Å². The Morgan fingerprint density at radius 3 is 1.76 bits per heavy atom. The van der Waals surface area contributed by atoms with Crippen molar-refractivity contribution in [2.75, 3.05) is 24.7 Å². The van der Waals surface area contributed by atoms with E-state index in [0.29, 0.717) is 6.42 Å². The van der Waals surface area contributed by atoms with E-state index in [1.54, 1.807) is 24.3 Å². The van der Waals surface area contributed by atoms with Gasteiger partial charge in [0.25, 0.3) is 0 Å². The predicted octanol–water partition coefficient (Wildman–Crippen LogP) is -0.240. The van der Waals surface area contributed by atoms with E-state index in [1.165, 1.54) is 0 Å². The molecule has 0 spiro atoms. The summed E-state index contributed by atoms with van der Waals surface area (Å²) in [6.07, 6.45) is 0.204. The summed E-state index contributed by atoms with van der Waals surface area (Å²) < 4.78 is 46.6. The summed E-state index contributed by atoms with van der Waals surface area (Å²) in [5, 5.41) is 17.6. The average molecular weight is 336 g/mol. The molecule has 2 N–H and O–H groups in total. The Balaban J connectivity index is 2.98. The van der Waals surface area contributed by atoms with Crippen molar-refractivity contribution in [2.45, 2.75) is 17.4 Å². The number of hydrogen-bond acceptors (Lipinski definition) is 6. The van der Waals surface area contributed by atoms with Crippen molar-refractivity contribution in [1.82, 2.24) is 0 Å². The van der Waals surface area contributed by atoms with Crippen LogP contribution in [0.25, 0.3) is 0 Å². The van der Waals surface area contributed by atoms with E-state index in [0.717, 1.165) is 5.56 Å². The van der Waals surface area contributed by atoms with Gasteiger partial charge in [0, 0.05) is 0 Å². The second-order valence-corrected chi connectivity index (χ2v) is 9.54. The Morgan fingerprint density at radius 1 is 0.857 bits per heavy atom. The minimum absolute atomic E-state index is 0.0886. The highest BCUT2D eigenvalue weighted by atomic mass is 32.3. The summed E-state index contributed by atoms with van der Waals surface area (Å²) in [6, 6.07) is 8.96. The number of aliphatic hydroxyl groups is 2. The molecule has 120 valence electrons. The van der Waals surface area contributed by atoms with Gasteiger partial charge in [-0.2, -0.15) is 0 Å². The SMILES string of the molecule is O=S(=O)(CCO)C(CCc1ccccc1)S(=O)(=O)CCO. The Bertz CT molecular complexity index is 586. The van der Waals surface area contributed by atoms with Crippen LogP contribution in [0.1, 0.15) is 12.0 Å². The Kier molecular flexibility index (Phi) is 6.79. The molecule has 0 radical (unpaired) electrons. The van der Waals surface area contributed by atoms with E-state index >= 15 is 0 Å². The molecule has 0 saturated carbocycles. The molecule has 21 heavy (non-hydrogen) atoms. The van der Waals surface area contributed by atoms with Crippen molar-refractivity contribution in [3.8, 4) is 0 Å². The third-order valence-electron chi connectivity index (χ3n) is 3.06. The topological polar surface area (TPSA) is 109 Å². The Morgan fingerprint density at radius 2 is 1.33 bits per heavy atom. The normalized spacial score (nSPS) is 12.7. The van der Waals surface area contributed by atoms with Crippen LogP contribution in [0.15, 0.2) is 30.3 Å². The molecule has 0 aliphatic carbocycles. The molecule has 0 aromatic heterocycles. The maximum atomic E-state index is 12.1. The molecule has 8 heteroatoms. The Hall–Kier alpha value is -0.960. The second kappa shape index (κ2) is 7.88. The molecule has 0 aliphatic heterocycles. The number of sulfone groups is 2. The predicted molar refractivity (Wildman–Crippen MR) is 80.3 cm³/mol. The van der Waals surface area contributed by atoms with Crippen LogP contribution in [0, 0.1) is 0 Å². The van der Waals surface area contributed by atoms with Gasteiger partial charge in [-0.25, -0.2) is 16.8 Å². The molecule has 0 heterocycles. The molecule has 6 nitrogen and oxygen atoms in total. The van der Waals surface area contributed by atoms with E-state index < -0.39 is 49.0 Å². The zero-order chi connectivity index (χ0) is 15.9. The molecule has 0 saturated heterocycles. The summed E-state index contributed by atoms with van der Waals surface area (Å²) in [6.45, 7) is -1.25. The first-order valence-corrected chi connectivity index (χ1v) is 9.95. The smallest absolute Gasteiger partial charge is 0.169 e. The van der Waals surface area contributed by atoms with E-state index in [2.05, 4.69) is 0 Å². The molecule has 0 amide bonds. The molecular formula is C13H20O6S2. The van der Waals surface area contributed by atoms with Crippen LogP contribution in [-0.2, 0) is 26.1 Å². The fourth-order valence-electron chi connectivity index (χ4n) is 2.03. The summed E-state index contributed by atoms with van der Waals surface area (Å²) in [5.74, 6) is -1.20. The summed E-state index contributed by atoms with van der Waals surface area (Å²) >= 11 is 0. The molecule has 1 rings (SSSR count). The van der Waals surface area contributed by atoms with Gasteiger partial charge in [-0.15, -0.1) is 0 Å². The molecule has 1 aromatic rings. The molecule has 0 aliphatic rings. The zero-order valence-electron chi connectivity index (χ0n) is 11.6. The highest BCUT2D eigenvalue weighted by Gasteiger charge is 2.36. The van der Waals surface area contributed by atoms with Crippen molar-refractivity contribution < 1.29 is 27.0 Å². The number of aliphatic hydroxyl groups excluding tert-OH is 2. The molecular weight excluding hydrogens is 316 g/mol. The van der Waals surface area contributed by atoms with Gasteiger partial charge in [0.1, 0.15) is 0 Å². The number of aryl methyl sites for hydroxylation is 1.